The average Bonchev–Trinajstić information content (AvgIpc) is 3.27. The molecule has 6 rings (SSSR count). The van der Waals surface area contributed by atoms with Crippen LogP contribution in [-0.2, 0) is 14.1 Å². The fraction of sp³-hybridized carbons (Fsp3) is 0.154. The second kappa shape index (κ2) is 7.52. The summed E-state index contributed by atoms with van der Waals surface area (Å²) in [6, 6.07) is 15.5. The molecule has 4 aromatic heterocycles. The summed E-state index contributed by atoms with van der Waals surface area (Å²) < 4.78 is 3.66. The van der Waals surface area contributed by atoms with Crippen LogP contribution in [0.4, 0.5) is 0 Å². The first-order chi connectivity index (χ1) is 16.3. The lowest BCUT2D eigenvalue weighted by Gasteiger charge is -2.14. The summed E-state index contributed by atoms with van der Waals surface area (Å²) in [6.07, 6.45) is 0. The van der Waals surface area contributed by atoms with Gasteiger partial charge >= 0.3 is 0 Å². The number of aromatic nitrogens is 6. The van der Waals surface area contributed by atoms with E-state index in [1.54, 1.807) is 0 Å². The van der Waals surface area contributed by atoms with Gasteiger partial charge in [0.2, 0.25) is 0 Å². The summed E-state index contributed by atoms with van der Waals surface area (Å²) in [5, 5.41) is 14.8. The van der Waals surface area contributed by atoms with Gasteiger partial charge in [0.1, 0.15) is 0 Å². The smallest absolute Gasteiger partial charge is 0.159 e. The molecule has 0 saturated carbocycles. The van der Waals surface area contributed by atoms with Crippen LogP contribution >= 0.6 is 23.2 Å². The second-order valence-electron chi connectivity index (χ2n) is 8.50. The molecule has 0 unspecified atom stereocenters. The molecular formula is C26H20Cl2N6. The Hall–Kier alpha value is -3.48. The van der Waals surface area contributed by atoms with Crippen LogP contribution in [0.1, 0.15) is 11.4 Å². The Morgan fingerprint density at radius 2 is 0.912 bits per heavy atom. The molecule has 4 heterocycles. The number of hydrogen-bond donors (Lipinski definition) is 0. The molecule has 0 saturated heterocycles. The summed E-state index contributed by atoms with van der Waals surface area (Å²) in [5.41, 5.74) is 7.02. The topological polar surface area (TPSA) is 61.4 Å². The SMILES string of the molecule is Cc1nn(C)c2nc(-c3ccc(Cl)cc3)c3c(c(-c4ccc(Cl)cc4)nc4c3c(C)nn4C)c12. The first-order valence-corrected chi connectivity index (χ1v) is 11.6. The number of benzene rings is 2. The van der Waals surface area contributed by atoms with Crippen molar-refractivity contribution in [2.45, 2.75) is 13.8 Å². The van der Waals surface area contributed by atoms with Crippen LogP contribution in [-0.4, -0.2) is 29.5 Å². The molecule has 0 fully saturated rings. The second-order valence-corrected chi connectivity index (χ2v) is 9.37. The van der Waals surface area contributed by atoms with E-state index in [1.807, 2.05) is 85.8 Å². The Morgan fingerprint density at radius 3 is 1.26 bits per heavy atom. The van der Waals surface area contributed by atoms with Gasteiger partial charge in [-0.3, -0.25) is 9.36 Å². The molecule has 0 spiro atoms. The molecule has 0 aliphatic heterocycles. The van der Waals surface area contributed by atoms with Crippen molar-refractivity contribution in [1.82, 2.24) is 29.5 Å². The van der Waals surface area contributed by atoms with Crippen molar-refractivity contribution < 1.29 is 0 Å². The monoisotopic (exact) mass is 486 g/mol. The third-order valence-electron chi connectivity index (χ3n) is 6.28. The Kier molecular flexibility index (Phi) is 4.66. The fourth-order valence-electron chi connectivity index (χ4n) is 4.81. The largest absolute Gasteiger partial charge is 0.250 e. The molecule has 0 bridgehead atoms. The van der Waals surface area contributed by atoms with Gasteiger partial charge in [0.05, 0.1) is 33.5 Å². The summed E-state index contributed by atoms with van der Waals surface area (Å²) in [7, 11) is 3.84. The highest BCUT2D eigenvalue weighted by molar-refractivity contribution is 6.31. The number of halogens is 2. The van der Waals surface area contributed by atoms with Gasteiger partial charge in [-0.05, 0) is 38.1 Å². The Labute approximate surface area is 205 Å². The molecule has 6 nitrogen and oxygen atoms in total. The highest BCUT2D eigenvalue weighted by atomic mass is 35.5. The van der Waals surface area contributed by atoms with E-state index in [0.29, 0.717) is 10.0 Å². The molecule has 168 valence electrons. The van der Waals surface area contributed by atoms with Gasteiger partial charge in [-0.15, -0.1) is 0 Å². The normalized spacial score (nSPS) is 11.8. The number of aryl methyl sites for hydroxylation is 4. The van der Waals surface area contributed by atoms with E-state index in [0.717, 1.165) is 66.7 Å². The third-order valence-corrected chi connectivity index (χ3v) is 6.78. The van der Waals surface area contributed by atoms with Crippen molar-refractivity contribution in [2.24, 2.45) is 14.1 Å². The van der Waals surface area contributed by atoms with Crippen LogP contribution in [0, 0.1) is 13.8 Å². The van der Waals surface area contributed by atoms with Crippen molar-refractivity contribution in [2.75, 3.05) is 0 Å². The summed E-state index contributed by atoms with van der Waals surface area (Å²) in [6.45, 7) is 4.02. The average molecular weight is 487 g/mol. The maximum atomic E-state index is 6.21. The van der Waals surface area contributed by atoms with Gasteiger partial charge in [0, 0.05) is 46.0 Å². The van der Waals surface area contributed by atoms with Crippen LogP contribution in [0.15, 0.2) is 48.5 Å². The maximum absolute atomic E-state index is 6.21. The Bertz CT molecular complexity index is 1610. The number of pyridine rings is 2. The fourth-order valence-corrected chi connectivity index (χ4v) is 5.07. The predicted octanol–water partition coefficient (Wildman–Crippen LogP) is 6.66. The van der Waals surface area contributed by atoms with Gasteiger partial charge in [0.25, 0.3) is 0 Å². The molecule has 0 aliphatic carbocycles. The molecule has 0 amide bonds. The Balaban J connectivity index is 1.93. The minimum atomic E-state index is 0.678. The number of fused-ring (bicyclic) bond motifs is 5. The molecule has 2 aromatic carbocycles. The van der Waals surface area contributed by atoms with Gasteiger partial charge in [0.15, 0.2) is 11.3 Å². The predicted molar refractivity (Wildman–Crippen MR) is 138 cm³/mol. The van der Waals surface area contributed by atoms with Crippen LogP contribution < -0.4 is 0 Å². The minimum absolute atomic E-state index is 0.678. The molecule has 0 aliphatic rings. The van der Waals surface area contributed by atoms with E-state index in [4.69, 9.17) is 43.4 Å². The van der Waals surface area contributed by atoms with E-state index >= 15 is 0 Å². The lowest BCUT2D eigenvalue weighted by Crippen LogP contribution is -1.99. The van der Waals surface area contributed by atoms with E-state index in [2.05, 4.69) is 0 Å². The van der Waals surface area contributed by atoms with Crippen LogP contribution in [0.25, 0.3) is 55.4 Å². The minimum Gasteiger partial charge on any atom is -0.250 e. The highest BCUT2D eigenvalue weighted by Crippen LogP contribution is 2.43. The van der Waals surface area contributed by atoms with Crippen LogP contribution in [0.2, 0.25) is 10.0 Å². The molecule has 6 aromatic rings. The molecule has 0 atom stereocenters. The first kappa shape index (κ1) is 21.1. The van der Waals surface area contributed by atoms with E-state index < -0.39 is 0 Å². The molecule has 0 radical (unpaired) electrons. The van der Waals surface area contributed by atoms with Crippen molar-refractivity contribution in [3.8, 4) is 22.5 Å². The summed E-state index contributed by atoms with van der Waals surface area (Å²) in [4.78, 5) is 10.3. The third kappa shape index (κ3) is 3.02. The van der Waals surface area contributed by atoms with E-state index in [9.17, 15) is 0 Å². The first-order valence-electron chi connectivity index (χ1n) is 10.9. The highest BCUT2D eigenvalue weighted by Gasteiger charge is 2.25. The van der Waals surface area contributed by atoms with Crippen molar-refractivity contribution in [3.05, 3.63) is 70.0 Å². The zero-order valence-corrected chi connectivity index (χ0v) is 20.6. The standard InChI is InChI=1S/C26H20Cl2N6/c1-13-19-21-22(24(29-25(19)33(3)31-13)16-7-11-18(28)12-8-16)20-14(2)32-34(4)26(20)30-23(21)15-5-9-17(27)10-6-15/h5-12H,1-4H3. The zero-order valence-electron chi connectivity index (χ0n) is 19.1. The maximum Gasteiger partial charge on any atom is 0.159 e. The zero-order chi connectivity index (χ0) is 23.7. The lowest BCUT2D eigenvalue weighted by atomic mass is 9.95. The number of hydrogen-bond acceptors (Lipinski definition) is 4. The van der Waals surface area contributed by atoms with E-state index in [-0.39, 0.29) is 0 Å². The van der Waals surface area contributed by atoms with Crippen LogP contribution in [0.3, 0.4) is 0 Å². The van der Waals surface area contributed by atoms with Crippen LogP contribution in [0.5, 0.6) is 0 Å². The Morgan fingerprint density at radius 1 is 0.559 bits per heavy atom. The van der Waals surface area contributed by atoms with Gasteiger partial charge in [-0.1, -0.05) is 47.5 Å². The van der Waals surface area contributed by atoms with Crippen molar-refractivity contribution in [3.63, 3.8) is 0 Å². The van der Waals surface area contributed by atoms with Gasteiger partial charge < -0.3 is 0 Å². The molecular weight excluding hydrogens is 467 g/mol. The number of rotatable bonds is 2. The summed E-state index contributed by atoms with van der Waals surface area (Å²) >= 11 is 12.4. The van der Waals surface area contributed by atoms with E-state index in [1.165, 1.54) is 0 Å². The van der Waals surface area contributed by atoms with Crippen molar-refractivity contribution >= 4 is 56.0 Å². The molecule has 8 heteroatoms. The molecule has 0 N–H and O–H groups in total. The summed E-state index contributed by atoms with van der Waals surface area (Å²) in [5.74, 6) is 0. The lowest BCUT2D eigenvalue weighted by molar-refractivity contribution is 0.774. The van der Waals surface area contributed by atoms with Gasteiger partial charge in [-0.2, -0.15) is 10.2 Å². The number of nitrogens with zero attached hydrogens (tertiary/aromatic N) is 6. The quantitative estimate of drug-likeness (QED) is 0.274. The van der Waals surface area contributed by atoms with Crippen molar-refractivity contribution in [1.29, 1.82) is 0 Å². The van der Waals surface area contributed by atoms with Gasteiger partial charge in [-0.25, -0.2) is 9.97 Å². The molecule has 34 heavy (non-hydrogen) atoms.